The van der Waals surface area contributed by atoms with Crippen molar-refractivity contribution in [3.63, 3.8) is 0 Å². The molecule has 0 amide bonds. The van der Waals surface area contributed by atoms with Crippen LogP contribution >= 0.6 is 0 Å². The lowest BCUT2D eigenvalue weighted by molar-refractivity contribution is -0.460. The summed E-state index contributed by atoms with van der Waals surface area (Å²) in [6, 6.07) is 0. The van der Waals surface area contributed by atoms with Crippen molar-refractivity contribution in [3.8, 4) is 0 Å². The summed E-state index contributed by atoms with van der Waals surface area (Å²) in [5.74, 6) is -126. The Morgan fingerprint density at radius 3 is 0.429 bits per heavy atom. The van der Waals surface area contributed by atoms with Crippen LogP contribution in [0.4, 0.5) is 149 Å². The minimum absolute atomic E-state index is 4.39. The number of hydrogen-bond donors (Lipinski definition) is 2. The number of alkyl halides is 34. The highest BCUT2D eigenvalue weighted by atomic mass is 19.4. The van der Waals surface area contributed by atoms with Crippen LogP contribution in [-0.4, -0.2) is 117 Å². The SMILES string of the molecule is O=C(O)C(F)(F)C(F)(F)C(F)(F)C(F)(F)C(F)(F)C(F)(F)C(F)(F)C(F)(F)F.O=C(O)C(F)(F)C(F)(F)C(F)(F)C(F)(F)C(F)(F)C(F)(F)C(F)(F)C(F)(F)F. The number of rotatable bonds is 14. The van der Waals surface area contributed by atoms with Crippen molar-refractivity contribution in [1.82, 2.24) is 0 Å². The molecule has 0 aromatic heterocycles. The van der Waals surface area contributed by atoms with E-state index >= 15 is 0 Å². The summed E-state index contributed by atoms with van der Waals surface area (Å²) >= 11 is 0. The van der Waals surface area contributed by atoms with Crippen LogP contribution in [0.15, 0.2) is 0 Å². The molecule has 38 heteroatoms. The number of carbonyl (C=O) groups is 2. The average Bonchev–Trinajstić information content (AvgIpc) is 2.94. The van der Waals surface area contributed by atoms with E-state index in [1.54, 1.807) is 0 Å². The molecule has 0 atom stereocenters. The molecular weight excluding hydrogens is 926 g/mol. The average molecular weight is 928 g/mol. The number of carboxylic acid groups (broad SMARTS) is 2. The Kier molecular flexibility index (Phi) is 13.2. The fourth-order valence-electron chi connectivity index (χ4n) is 2.60. The van der Waals surface area contributed by atoms with E-state index in [4.69, 9.17) is 10.2 Å². The predicted molar refractivity (Wildman–Crippen MR) is 96.6 cm³/mol. The molecule has 0 spiro atoms. The van der Waals surface area contributed by atoms with Crippen LogP contribution in [0.25, 0.3) is 0 Å². The molecule has 0 aliphatic heterocycles. The highest BCUT2D eigenvalue weighted by molar-refractivity contribution is 5.77. The smallest absolute Gasteiger partial charge is 0.460 e. The molecule has 0 fully saturated rings. The van der Waals surface area contributed by atoms with Gasteiger partial charge in [0.05, 0.1) is 0 Å². The van der Waals surface area contributed by atoms with Gasteiger partial charge >= 0.3 is 107 Å². The van der Waals surface area contributed by atoms with Crippen molar-refractivity contribution in [3.05, 3.63) is 0 Å². The summed E-state index contributed by atoms with van der Waals surface area (Å²) in [5.41, 5.74) is 0. The number of halogens is 34. The van der Waals surface area contributed by atoms with Gasteiger partial charge in [-0.1, -0.05) is 0 Å². The van der Waals surface area contributed by atoms with E-state index in [1.165, 1.54) is 0 Å². The zero-order valence-corrected chi connectivity index (χ0v) is 23.6. The van der Waals surface area contributed by atoms with E-state index in [0.29, 0.717) is 0 Å². The summed E-state index contributed by atoms with van der Waals surface area (Å²) in [5, 5.41) is 15.2. The normalized spacial score (nSPS) is 16.3. The monoisotopic (exact) mass is 928 g/mol. The van der Waals surface area contributed by atoms with Crippen molar-refractivity contribution in [2.45, 2.75) is 95.3 Å². The van der Waals surface area contributed by atoms with Gasteiger partial charge in [-0.2, -0.15) is 149 Å². The lowest BCUT2D eigenvalue weighted by Gasteiger charge is -2.42. The molecule has 0 saturated heterocycles. The molecule has 0 unspecified atom stereocenters. The minimum Gasteiger partial charge on any atom is -0.477 e. The third-order valence-corrected chi connectivity index (χ3v) is 5.98. The second kappa shape index (κ2) is 13.6. The maximum Gasteiger partial charge on any atom is 0.460 e. The minimum atomic E-state index is -8.76. The first-order valence-electron chi connectivity index (χ1n) is 11.3. The first kappa shape index (κ1) is 54.7. The zero-order valence-electron chi connectivity index (χ0n) is 23.6. The first-order chi connectivity index (χ1) is 23.4. The van der Waals surface area contributed by atoms with Gasteiger partial charge in [0, 0.05) is 0 Å². The zero-order chi connectivity index (χ0) is 47.2. The van der Waals surface area contributed by atoms with Gasteiger partial charge in [0.2, 0.25) is 0 Å². The van der Waals surface area contributed by atoms with Crippen molar-refractivity contribution in [2.24, 2.45) is 0 Å². The van der Waals surface area contributed by atoms with Gasteiger partial charge in [0.1, 0.15) is 0 Å². The molecule has 2 N–H and O–H groups in total. The van der Waals surface area contributed by atoms with Crippen LogP contribution in [0.1, 0.15) is 0 Å². The summed E-state index contributed by atoms with van der Waals surface area (Å²) in [4.78, 5) is 19.5. The maximum absolute atomic E-state index is 13.0. The van der Waals surface area contributed by atoms with Gasteiger partial charge in [-0.3, -0.25) is 0 Å². The summed E-state index contributed by atoms with van der Waals surface area (Å²) in [6.07, 6.45) is -15.7. The first-order valence-corrected chi connectivity index (χ1v) is 11.3. The second-order valence-electron chi connectivity index (χ2n) is 9.65. The summed E-state index contributed by atoms with van der Waals surface area (Å²) < 4.78 is 428. The molecule has 336 valence electrons. The Morgan fingerprint density at radius 2 is 0.321 bits per heavy atom. The molecule has 0 heterocycles. The number of aliphatic carboxylic acids is 2. The highest BCUT2D eigenvalue weighted by Gasteiger charge is 2.97. The molecule has 0 aliphatic rings. The lowest BCUT2D eigenvalue weighted by Crippen LogP contribution is -2.75. The van der Waals surface area contributed by atoms with Crippen LogP contribution in [0, 0.1) is 0 Å². The Labute approximate surface area is 277 Å². The molecular formula is C18H2F34O4. The van der Waals surface area contributed by atoms with Crippen LogP contribution in [0.5, 0.6) is 0 Å². The number of carboxylic acids is 2. The molecule has 0 bridgehead atoms. The number of hydrogen-bond acceptors (Lipinski definition) is 2. The van der Waals surface area contributed by atoms with Gasteiger partial charge in [-0.05, 0) is 0 Å². The molecule has 4 nitrogen and oxygen atoms in total. The molecule has 56 heavy (non-hydrogen) atoms. The lowest BCUT2D eigenvalue weighted by atomic mass is 9.89. The molecule has 0 aromatic carbocycles. The fourth-order valence-corrected chi connectivity index (χ4v) is 2.60. The van der Waals surface area contributed by atoms with E-state index in [0.717, 1.165) is 0 Å². The Balaban J connectivity index is 0. The third kappa shape index (κ3) is 6.86. The van der Waals surface area contributed by atoms with E-state index in [1.807, 2.05) is 0 Å². The predicted octanol–water partition coefficient (Wildman–Crippen LogP) is 10.2. The van der Waals surface area contributed by atoms with Gasteiger partial charge in [0.25, 0.3) is 0 Å². The van der Waals surface area contributed by atoms with Gasteiger partial charge < -0.3 is 10.2 Å². The van der Waals surface area contributed by atoms with Crippen molar-refractivity contribution in [1.29, 1.82) is 0 Å². The standard InChI is InChI=1S/2C9HF17O2/c2*10-2(11,1(27)28)3(12,13)4(14,15)5(16,17)6(18,19)7(20,21)8(22,23)9(24,25)26/h2*(H,27,28). The van der Waals surface area contributed by atoms with E-state index < -0.39 is 107 Å². The molecule has 0 saturated carbocycles. The summed E-state index contributed by atoms with van der Waals surface area (Å²) in [7, 11) is 0. The van der Waals surface area contributed by atoms with Gasteiger partial charge in [-0.25, -0.2) is 9.59 Å². The molecule has 0 rings (SSSR count). The second-order valence-corrected chi connectivity index (χ2v) is 9.65. The van der Waals surface area contributed by atoms with Crippen molar-refractivity contribution < 1.29 is 169 Å². The van der Waals surface area contributed by atoms with E-state index in [2.05, 4.69) is 0 Å². The van der Waals surface area contributed by atoms with Gasteiger partial charge in [0.15, 0.2) is 0 Å². The van der Waals surface area contributed by atoms with Crippen molar-refractivity contribution in [2.75, 3.05) is 0 Å². The van der Waals surface area contributed by atoms with Crippen LogP contribution in [0.2, 0.25) is 0 Å². The fraction of sp³-hybridized carbons (Fsp3) is 0.889. The Hall–Kier alpha value is -3.44. The third-order valence-electron chi connectivity index (χ3n) is 5.98. The molecule has 0 aliphatic carbocycles. The van der Waals surface area contributed by atoms with E-state index in [-0.39, 0.29) is 0 Å². The van der Waals surface area contributed by atoms with Crippen LogP contribution < -0.4 is 0 Å². The topological polar surface area (TPSA) is 74.6 Å². The van der Waals surface area contributed by atoms with Gasteiger partial charge in [-0.15, -0.1) is 0 Å². The quantitative estimate of drug-likeness (QED) is 0.170. The highest BCUT2D eigenvalue weighted by Crippen LogP contribution is 2.66. The van der Waals surface area contributed by atoms with Crippen LogP contribution in [-0.2, 0) is 9.59 Å². The Morgan fingerprint density at radius 1 is 0.214 bits per heavy atom. The Bertz CT molecular complexity index is 1340. The molecule has 0 aromatic rings. The largest absolute Gasteiger partial charge is 0.477 e. The maximum atomic E-state index is 13.0. The molecule has 0 radical (unpaired) electrons. The van der Waals surface area contributed by atoms with Crippen molar-refractivity contribution >= 4 is 11.9 Å². The summed E-state index contributed by atoms with van der Waals surface area (Å²) in [6.45, 7) is 0. The van der Waals surface area contributed by atoms with E-state index in [9.17, 15) is 159 Å². The van der Waals surface area contributed by atoms with Crippen LogP contribution in [0.3, 0.4) is 0 Å².